The van der Waals surface area contributed by atoms with Gasteiger partial charge in [-0.2, -0.15) is 0 Å². The van der Waals surface area contributed by atoms with Crippen LogP contribution in [0.15, 0.2) is 57.7 Å². The first kappa shape index (κ1) is 20.4. The molecule has 0 N–H and O–H groups in total. The van der Waals surface area contributed by atoms with Crippen LogP contribution in [0.2, 0.25) is 18.1 Å². The largest absolute Gasteiger partial charge is 0.493 e. The van der Waals surface area contributed by atoms with Crippen molar-refractivity contribution in [2.75, 3.05) is 7.11 Å². The van der Waals surface area contributed by atoms with Crippen LogP contribution in [0.3, 0.4) is 0 Å². The second kappa shape index (κ2) is 7.57. The smallest absolute Gasteiger partial charge is 0.193 e. The fourth-order valence-electron chi connectivity index (χ4n) is 2.74. The van der Waals surface area contributed by atoms with Crippen molar-refractivity contribution in [3.63, 3.8) is 0 Å². The lowest BCUT2D eigenvalue weighted by molar-refractivity contribution is 0.276. The van der Waals surface area contributed by atoms with E-state index < -0.39 is 8.32 Å². The molecule has 1 heterocycles. The highest BCUT2D eigenvalue weighted by Crippen LogP contribution is 2.37. The standard InChI is InChI=1S/C23H28O4Si/c1-23(2,3)28(5,6)26-15-16-12-18-19(24)14-20(17-10-8-7-9-11-17)27-22(18)21(13-16)25-4/h7-14H,15H2,1-6H3. The van der Waals surface area contributed by atoms with Crippen molar-refractivity contribution in [3.8, 4) is 17.1 Å². The minimum atomic E-state index is -1.89. The predicted molar refractivity (Wildman–Crippen MR) is 116 cm³/mol. The van der Waals surface area contributed by atoms with E-state index in [9.17, 15) is 4.79 Å². The zero-order chi connectivity index (χ0) is 20.5. The van der Waals surface area contributed by atoms with Crippen LogP contribution >= 0.6 is 0 Å². The maximum absolute atomic E-state index is 12.8. The molecule has 0 saturated carbocycles. The van der Waals surface area contributed by atoms with E-state index in [2.05, 4.69) is 33.9 Å². The number of hydrogen-bond acceptors (Lipinski definition) is 4. The molecule has 0 radical (unpaired) electrons. The molecule has 4 nitrogen and oxygen atoms in total. The molecule has 2 aromatic carbocycles. The Kier molecular flexibility index (Phi) is 5.50. The van der Waals surface area contributed by atoms with E-state index in [0.717, 1.165) is 11.1 Å². The molecule has 0 saturated heterocycles. The van der Waals surface area contributed by atoms with E-state index in [1.807, 2.05) is 42.5 Å². The third kappa shape index (κ3) is 4.05. The minimum Gasteiger partial charge on any atom is -0.493 e. The first-order valence-electron chi connectivity index (χ1n) is 9.46. The maximum Gasteiger partial charge on any atom is 0.193 e. The van der Waals surface area contributed by atoms with Crippen molar-refractivity contribution in [1.82, 2.24) is 0 Å². The van der Waals surface area contributed by atoms with Gasteiger partial charge in [0.15, 0.2) is 25.1 Å². The molecule has 0 aliphatic carbocycles. The number of ether oxygens (including phenoxy) is 1. The van der Waals surface area contributed by atoms with Crippen molar-refractivity contribution >= 4 is 19.3 Å². The second-order valence-electron chi connectivity index (χ2n) is 8.56. The van der Waals surface area contributed by atoms with E-state index in [0.29, 0.717) is 29.1 Å². The highest BCUT2D eigenvalue weighted by molar-refractivity contribution is 6.74. The Morgan fingerprint density at radius 2 is 1.71 bits per heavy atom. The van der Waals surface area contributed by atoms with Gasteiger partial charge in [-0.05, 0) is 35.8 Å². The predicted octanol–water partition coefficient (Wildman–Crippen LogP) is 5.99. The summed E-state index contributed by atoms with van der Waals surface area (Å²) >= 11 is 0. The molecule has 0 aliphatic rings. The molecular formula is C23H28O4Si. The van der Waals surface area contributed by atoms with E-state index >= 15 is 0 Å². The summed E-state index contributed by atoms with van der Waals surface area (Å²) in [5, 5.41) is 0.630. The fraction of sp³-hybridized carbons (Fsp3) is 0.348. The molecule has 3 rings (SSSR count). The van der Waals surface area contributed by atoms with Crippen LogP contribution in [0.5, 0.6) is 5.75 Å². The van der Waals surface area contributed by atoms with E-state index in [1.165, 1.54) is 6.07 Å². The van der Waals surface area contributed by atoms with Gasteiger partial charge in [0.1, 0.15) is 5.76 Å². The van der Waals surface area contributed by atoms with Crippen molar-refractivity contribution < 1.29 is 13.6 Å². The molecule has 0 unspecified atom stereocenters. The Labute approximate surface area is 167 Å². The van der Waals surface area contributed by atoms with Crippen LogP contribution in [0.25, 0.3) is 22.3 Å². The number of fused-ring (bicyclic) bond motifs is 1. The Morgan fingerprint density at radius 3 is 2.32 bits per heavy atom. The van der Waals surface area contributed by atoms with Crippen LogP contribution in [0, 0.1) is 0 Å². The molecule has 0 spiro atoms. The zero-order valence-corrected chi connectivity index (χ0v) is 18.5. The molecule has 0 amide bonds. The van der Waals surface area contributed by atoms with Crippen molar-refractivity contribution in [3.05, 3.63) is 64.3 Å². The quantitative estimate of drug-likeness (QED) is 0.497. The second-order valence-corrected chi connectivity index (χ2v) is 13.4. The SMILES string of the molecule is COc1cc(CO[Si](C)(C)C(C)(C)C)cc2c(=O)cc(-c3ccccc3)oc12. The summed E-state index contributed by atoms with van der Waals surface area (Å²) < 4.78 is 17.9. The van der Waals surface area contributed by atoms with E-state index in [-0.39, 0.29) is 10.5 Å². The van der Waals surface area contributed by atoms with Crippen molar-refractivity contribution in [2.45, 2.75) is 45.5 Å². The molecule has 0 aliphatic heterocycles. The Balaban J connectivity index is 2.03. The monoisotopic (exact) mass is 396 g/mol. The topological polar surface area (TPSA) is 48.7 Å². The lowest BCUT2D eigenvalue weighted by Gasteiger charge is -2.36. The molecule has 0 bridgehead atoms. The minimum absolute atomic E-state index is 0.0902. The molecule has 148 valence electrons. The number of hydrogen-bond donors (Lipinski definition) is 0. The highest BCUT2D eigenvalue weighted by atomic mass is 28.4. The van der Waals surface area contributed by atoms with Gasteiger partial charge < -0.3 is 13.6 Å². The van der Waals surface area contributed by atoms with Crippen LogP contribution in [-0.2, 0) is 11.0 Å². The summed E-state index contributed by atoms with van der Waals surface area (Å²) in [5.41, 5.74) is 2.14. The van der Waals surface area contributed by atoms with Gasteiger partial charge in [0.25, 0.3) is 0 Å². The van der Waals surface area contributed by atoms with Crippen LogP contribution < -0.4 is 10.2 Å². The number of rotatable bonds is 5. The van der Waals surface area contributed by atoms with E-state index in [1.54, 1.807) is 7.11 Å². The van der Waals surface area contributed by atoms with Crippen molar-refractivity contribution in [1.29, 1.82) is 0 Å². The number of methoxy groups -OCH3 is 1. The molecule has 5 heteroatoms. The van der Waals surface area contributed by atoms with Gasteiger partial charge in [-0.15, -0.1) is 0 Å². The maximum atomic E-state index is 12.8. The summed E-state index contributed by atoms with van der Waals surface area (Å²) in [5.74, 6) is 1.07. The van der Waals surface area contributed by atoms with Gasteiger partial charge in [0.05, 0.1) is 19.1 Å². The molecule has 0 fully saturated rings. The third-order valence-electron chi connectivity index (χ3n) is 5.54. The number of benzene rings is 2. The summed E-state index contributed by atoms with van der Waals surface area (Å²) in [6, 6.07) is 14.9. The summed E-state index contributed by atoms with van der Waals surface area (Å²) in [6.45, 7) is 11.5. The van der Waals surface area contributed by atoms with Gasteiger partial charge in [0, 0.05) is 11.6 Å². The highest BCUT2D eigenvalue weighted by Gasteiger charge is 2.37. The van der Waals surface area contributed by atoms with E-state index in [4.69, 9.17) is 13.6 Å². The lowest BCUT2D eigenvalue weighted by Crippen LogP contribution is -2.40. The lowest BCUT2D eigenvalue weighted by atomic mass is 10.1. The Bertz CT molecular complexity index is 1030. The van der Waals surface area contributed by atoms with Crippen molar-refractivity contribution in [2.24, 2.45) is 0 Å². The van der Waals surface area contributed by atoms with Gasteiger partial charge in [-0.25, -0.2) is 0 Å². The summed E-state index contributed by atoms with van der Waals surface area (Å²) in [7, 11) is -0.306. The normalized spacial score (nSPS) is 12.4. The average Bonchev–Trinajstić information content (AvgIpc) is 2.66. The summed E-state index contributed by atoms with van der Waals surface area (Å²) in [6.07, 6.45) is 0. The molecule has 1 aromatic heterocycles. The summed E-state index contributed by atoms with van der Waals surface area (Å²) in [4.78, 5) is 12.8. The van der Waals surface area contributed by atoms with Crippen LogP contribution in [0.4, 0.5) is 0 Å². The first-order valence-corrected chi connectivity index (χ1v) is 12.4. The third-order valence-corrected chi connectivity index (χ3v) is 10.0. The average molecular weight is 397 g/mol. The van der Waals surface area contributed by atoms with Gasteiger partial charge >= 0.3 is 0 Å². The molecular weight excluding hydrogens is 368 g/mol. The molecule has 3 aromatic rings. The Hall–Kier alpha value is -2.37. The zero-order valence-electron chi connectivity index (χ0n) is 17.5. The molecule has 0 atom stereocenters. The van der Waals surface area contributed by atoms with Gasteiger partial charge in [-0.1, -0.05) is 51.1 Å². The fourth-order valence-corrected chi connectivity index (χ4v) is 3.70. The van der Waals surface area contributed by atoms with Gasteiger partial charge in [0.2, 0.25) is 0 Å². The Morgan fingerprint density at radius 1 is 1.04 bits per heavy atom. The van der Waals surface area contributed by atoms with Crippen LogP contribution in [0.1, 0.15) is 26.3 Å². The van der Waals surface area contributed by atoms with Crippen LogP contribution in [-0.4, -0.2) is 15.4 Å². The first-order chi connectivity index (χ1) is 13.1. The molecule has 28 heavy (non-hydrogen) atoms. The van der Waals surface area contributed by atoms with Gasteiger partial charge in [-0.3, -0.25) is 4.79 Å².